The number of amides is 1. The summed E-state index contributed by atoms with van der Waals surface area (Å²) in [5, 5.41) is 11.5. The predicted molar refractivity (Wildman–Crippen MR) is 48.7 cm³/mol. The molecule has 0 aliphatic heterocycles. The van der Waals surface area contributed by atoms with Gasteiger partial charge in [-0.2, -0.15) is 13.2 Å². The van der Waals surface area contributed by atoms with Crippen LogP contribution >= 0.6 is 0 Å². The lowest BCUT2D eigenvalue weighted by atomic mass is 10.3. The normalized spacial score (nSPS) is 18.2. The topological polar surface area (TPSA) is 58.6 Å². The standard InChI is InChI=1S/C9H14F3NO3/c10-9(11,12)6-16-4-1-7(15)13-8(5-14)2-3-8/h14H,1-6H2,(H,13,15). The zero-order valence-electron chi connectivity index (χ0n) is 8.64. The van der Waals surface area contributed by atoms with Gasteiger partial charge < -0.3 is 15.2 Å². The maximum Gasteiger partial charge on any atom is 0.411 e. The van der Waals surface area contributed by atoms with Crippen LogP contribution in [-0.2, 0) is 9.53 Å². The first kappa shape index (κ1) is 13.2. The van der Waals surface area contributed by atoms with Crippen molar-refractivity contribution in [2.24, 2.45) is 0 Å². The lowest BCUT2D eigenvalue weighted by Crippen LogP contribution is -2.40. The van der Waals surface area contributed by atoms with Crippen molar-refractivity contribution in [3.63, 3.8) is 0 Å². The highest BCUT2D eigenvalue weighted by molar-refractivity contribution is 5.77. The molecule has 0 radical (unpaired) electrons. The Hall–Kier alpha value is -0.820. The summed E-state index contributed by atoms with van der Waals surface area (Å²) in [6, 6.07) is 0. The molecule has 16 heavy (non-hydrogen) atoms. The van der Waals surface area contributed by atoms with Crippen LogP contribution < -0.4 is 5.32 Å². The number of aliphatic hydroxyl groups excluding tert-OH is 1. The Labute approximate surface area is 90.8 Å². The van der Waals surface area contributed by atoms with Gasteiger partial charge in [0.25, 0.3) is 0 Å². The van der Waals surface area contributed by atoms with Gasteiger partial charge in [-0.05, 0) is 12.8 Å². The minimum atomic E-state index is -4.36. The molecule has 1 amide bonds. The van der Waals surface area contributed by atoms with Crippen molar-refractivity contribution in [1.82, 2.24) is 5.32 Å². The van der Waals surface area contributed by atoms with Crippen LogP contribution in [0.4, 0.5) is 13.2 Å². The second-order valence-corrected chi connectivity index (χ2v) is 3.90. The van der Waals surface area contributed by atoms with Crippen LogP contribution in [0.5, 0.6) is 0 Å². The summed E-state index contributed by atoms with van der Waals surface area (Å²) in [5.41, 5.74) is -0.527. The summed E-state index contributed by atoms with van der Waals surface area (Å²) < 4.78 is 39.3. The first-order valence-electron chi connectivity index (χ1n) is 4.93. The van der Waals surface area contributed by atoms with E-state index in [2.05, 4.69) is 10.1 Å². The minimum Gasteiger partial charge on any atom is -0.394 e. The smallest absolute Gasteiger partial charge is 0.394 e. The maximum atomic E-state index is 11.7. The molecule has 1 aliphatic rings. The number of carbonyl (C=O) groups excluding carboxylic acids is 1. The monoisotopic (exact) mass is 241 g/mol. The summed E-state index contributed by atoms with van der Waals surface area (Å²) in [6.45, 7) is -1.75. The molecule has 1 fully saturated rings. The minimum absolute atomic E-state index is 0.127. The number of hydrogen-bond donors (Lipinski definition) is 2. The van der Waals surface area contributed by atoms with Crippen molar-refractivity contribution in [2.45, 2.75) is 31.0 Å². The second kappa shape index (κ2) is 5.01. The van der Waals surface area contributed by atoms with Gasteiger partial charge in [0.15, 0.2) is 0 Å². The largest absolute Gasteiger partial charge is 0.411 e. The van der Waals surface area contributed by atoms with Gasteiger partial charge in [0.2, 0.25) is 5.91 Å². The van der Waals surface area contributed by atoms with Crippen molar-refractivity contribution in [3.05, 3.63) is 0 Å². The molecule has 0 aromatic heterocycles. The molecule has 94 valence electrons. The van der Waals surface area contributed by atoms with Crippen LogP contribution in [0.15, 0.2) is 0 Å². The molecule has 4 nitrogen and oxygen atoms in total. The molecule has 7 heteroatoms. The molecule has 0 heterocycles. The SMILES string of the molecule is O=C(CCOCC(F)(F)F)NC1(CO)CC1. The Morgan fingerprint density at radius 1 is 1.44 bits per heavy atom. The highest BCUT2D eigenvalue weighted by Gasteiger charge is 2.43. The summed E-state index contributed by atoms with van der Waals surface area (Å²) in [6.07, 6.45) is -3.07. The van der Waals surface area contributed by atoms with Crippen LogP contribution in [0.1, 0.15) is 19.3 Å². The maximum absolute atomic E-state index is 11.7. The molecule has 0 aromatic carbocycles. The van der Waals surface area contributed by atoms with Crippen LogP contribution in [0.2, 0.25) is 0 Å². The third kappa shape index (κ3) is 4.80. The molecule has 1 rings (SSSR count). The number of alkyl halides is 3. The number of aliphatic hydroxyl groups is 1. The lowest BCUT2D eigenvalue weighted by molar-refractivity contribution is -0.174. The zero-order chi connectivity index (χ0) is 12.2. The van der Waals surface area contributed by atoms with Gasteiger partial charge in [0.05, 0.1) is 18.8 Å². The van der Waals surface area contributed by atoms with Crippen molar-refractivity contribution < 1.29 is 27.8 Å². The number of ether oxygens (including phenoxy) is 1. The first-order chi connectivity index (χ1) is 7.37. The summed E-state index contributed by atoms with van der Waals surface area (Å²) in [4.78, 5) is 11.2. The van der Waals surface area contributed by atoms with Gasteiger partial charge >= 0.3 is 6.18 Å². The Bertz CT molecular complexity index is 251. The average Bonchev–Trinajstić information content (AvgIpc) is 2.92. The molecule has 1 saturated carbocycles. The highest BCUT2D eigenvalue weighted by Crippen LogP contribution is 2.34. The fraction of sp³-hybridized carbons (Fsp3) is 0.889. The third-order valence-corrected chi connectivity index (χ3v) is 2.30. The van der Waals surface area contributed by atoms with E-state index in [4.69, 9.17) is 5.11 Å². The molecule has 1 aliphatic carbocycles. The zero-order valence-corrected chi connectivity index (χ0v) is 8.64. The van der Waals surface area contributed by atoms with E-state index < -0.39 is 24.2 Å². The first-order valence-corrected chi connectivity index (χ1v) is 4.93. The predicted octanol–water partition coefficient (Wildman–Crippen LogP) is 0.597. The molecule has 0 bridgehead atoms. The number of hydrogen-bond acceptors (Lipinski definition) is 3. The summed E-state index contributed by atoms with van der Waals surface area (Å²) >= 11 is 0. The number of halogens is 3. The van der Waals surface area contributed by atoms with E-state index in [1.165, 1.54) is 0 Å². The van der Waals surface area contributed by atoms with Crippen LogP contribution in [0.3, 0.4) is 0 Å². The highest BCUT2D eigenvalue weighted by atomic mass is 19.4. The van der Waals surface area contributed by atoms with Gasteiger partial charge in [0.1, 0.15) is 6.61 Å². The van der Waals surface area contributed by atoms with E-state index in [1.54, 1.807) is 0 Å². The molecule has 0 spiro atoms. The molecule has 0 atom stereocenters. The van der Waals surface area contributed by atoms with Crippen LogP contribution in [0, 0.1) is 0 Å². The van der Waals surface area contributed by atoms with Gasteiger partial charge in [-0.15, -0.1) is 0 Å². The molecule has 0 unspecified atom stereocenters. The van der Waals surface area contributed by atoms with E-state index in [1.807, 2.05) is 0 Å². The van der Waals surface area contributed by atoms with Gasteiger partial charge in [-0.25, -0.2) is 0 Å². The van der Waals surface area contributed by atoms with E-state index in [0.29, 0.717) is 12.8 Å². The Morgan fingerprint density at radius 2 is 2.06 bits per heavy atom. The van der Waals surface area contributed by atoms with Gasteiger partial charge in [-0.3, -0.25) is 4.79 Å². The van der Waals surface area contributed by atoms with Crippen molar-refractivity contribution in [1.29, 1.82) is 0 Å². The van der Waals surface area contributed by atoms with Gasteiger partial charge in [0, 0.05) is 6.42 Å². The molecule has 0 aromatic rings. The Morgan fingerprint density at radius 3 is 2.50 bits per heavy atom. The van der Waals surface area contributed by atoms with Crippen molar-refractivity contribution >= 4 is 5.91 Å². The average molecular weight is 241 g/mol. The lowest BCUT2D eigenvalue weighted by Gasteiger charge is -2.14. The molecular weight excluding hydrogens is 227 g/mol. The number of nitrogens with one attached hydrogen (secondary N) is 1. The van der Waals surface area contributed by atoms with Gasteiger partial charge in [-0.1, -0.05) is 0 Å². The Kier molecular flexibility index (Phi) is 4.15. The molecular formula is C9H14F3NO3. The number of rotatable bonds is 6. The molecule has 2 N–H and O–H groups in total. The van der Waals surface area contributed by atoms with E-state index in [-0.39, 0.29) is 19.6 Å². The summed E-state index contributed by atoms with van der Waals surface area (Å²) in [5.74, 6) is -0.395. The van der Waals surface area contributed by atoms with Crippen molar-refractivity contribution in [3.8, 4) is 0 Å². The summed E-state index contributed by atoms with van der Waals surface area (Å²) in [7, 11) is 0. The fourth-order valence-corrected chi connectivity index (χ4v) is 1.18. The van der Waals surface area contributed by atoms with E-state index in [9.17, 15) is 18.0 Å². The third-order valence-electron chi connectivity index (χ3n) is 2.30. The Balaban J connectivity index is 2.07. The fourth-order valence-electron chi connectivity index (χ4n) is 1.18. The van der Waals surface area contributed by atoms with E-state index in [0.717, 1.165) is 0 Å². The second-order valence-electron chi connectivity index (χ2n) is 3.90. The quantitative estimate of drug-likeness (QED) is 0.669. The molecule has 0 saturated heterocycles. The van der Waals surface area contributed by atoms with Crippen LogP contribution in [-0.4, -0.2) is 42.5 Å². The van der Waals surface area contributed by atoms with Crippen LogP contribution in [0.25, 0.3) is 0 Å². The van der Waals surface area contributed by atoms with E-state index >= 15 is 0 Å². The number of carbonyl (C=O) groups is 1. The van der Waals surface area contributed by atoms with Crippen molar-refractivity contribution in [2.75, 3.05) is 19.8 Å².